The Labute approximate surface area is 131 Å². The lowest BCUT2D eigenvalue weighted by atomic mass is 9.98. The van der Waals surface area contributed by atoms with E-state index in [0.717, 1.165) is 38.2 Å². The van der Waals surface area contributed by atoms with Gasteiger partial charge in [-0.25, -0.2) is 0 Å². The minimum absolute atomic E-state index is 0.0673. The van der Waals surface area contributed by atoms with E-state index in [9.17, 15) is 0 Å². The van der Waals surface area contributed by atoms with Crippen molar-refractivity contribution in [1.29, 1.82) is 0 Å². The first-order valence-corrected chi connectivity index (χ1v) is 7.87. The molecule has 1 fully saturated rings. The summed E-state index contributed by atoms with van der Waals surface area (Å²) in [6.45, 7) is 5.59. The topological polar surface area (TPSA) is 24.5 Å². The van der Waals surface area contributed by atoms with Gasteiger partial charge in [-0.3, -0.25) is 4.90 Å². The number of nitrogens with zero attached hydrogens (tertiary/aromatic N) is 1. The standard InChI is InChI=1S/C15H22Cl2N2O/c1-3-7-18-10-13-15(19(2)8-9-20-13)14-11(16)5-4-6-12(14)17/h4-6,13,15,18H,3,7-10H2,1-2H3. The number of rotatable bonds is 5. The summed E-state index contributed by atoms with van der Waals surface area (Å²) in [7, 11) is 2.10. The normalized spacial score (nSPS) is 24.0. The van der Waals surface area contributed by atoms with Crippen LogP contribution in [0, 0.1) is 0 Å². The van der Waals surface area contributed by atoms with Gasteiger partial charge in [-0.1, -0.05) is 36.2 Å². The number of morpholine rings is 1. The van der Waals surface area contributed by atoms with Crippen molar-refractivity contribution in [3.63, 3.8) is 0 Å². The van der Waals surface area contributed by atoms with Crippen molar-refractivity contribution >= 4 is 23.2 Å². The van der Waals surface area contributed by atoms with Gasteiger partial charge in [0.15, 0.2) is 0 Å². The molecule has 1 aliphatic rings. The van der Waals surface area contributed by atoms with Gasteiger partial charge in [-0.05, 0) is 32.1 Å². The third-order valence-electron chi connectivity index (χ3n) is 3.67. The molecule has 112 valence electrons. The zero-order valence-corrected chi connectivity index (χ0v) is 13.5. The molecule has 0 radical (unpaired) electrons. The first kappa shape index (κ1) is 16.1. The van der Waals surface area contributed by atoms with Crippen LogP contribution < -0.4 is 5.32 Å². The molecule has 2 unspecified atom stereocenters. The Morgan fingerprint density at radius 3 is 2.70 bits per heavy atom. The van der Waals surface area contributed by atoms with Crippen LogP contribution in [0.2, 0.25) is 10.0 Å². The molecule has 2 atom stereocenters. The maximum absolute atomic E-state index is 6.37. The van der Waals surface area contributed by atoms with Crippen molar-refractivity contribution in [2.75, 3.05) is 33.3 Å². The van der Waals surface area contributed by atoms with Crippen LogP contribution in [-0.2, 0) is 4.74 Å². The molecule has 1 aromatic carbocycles. The fraction of sp³-hybridized carbons (Fsp3) is 0.600. The minimum Gasteiger partial charge on any atom is -0.374 e. The van der Waals surface area contributed by atoms with E-state index in [4.69, 9.17) is 27.9 Å². The molecule has 1 N–H and O–H groups in total. The van der Waals surface area contributed by atoms with Crippen molar-refractivity contribution in [3.05, 3.63) is 33.8 Å². The SMILES string of the molecule is CCCNCC1OCCN(C)C1c1c(Cl)cccc1Cl. The quantitative estimate of drug-likeness (QED) is 0.843. The van der Waals surface area contributed by atoms with Gasteiger partial charge >= 0.3 is 0 Å². The van der Waals surface area contributed by atoms with Crippen molar-refractivity contribution in [2.45, 2.75) is 25.5 Å². The molecule has 0 saturated carbocycles. The van der Waals surface area contributed by atoms with Crippen LogP contribution in [0.5, 0.6) is 0 Å². The van der Waals surface area contributed by atoms with E-state index < -0.39 is 0 Å². The third-order valence-corrected chi connectivity index (χ3v) is 4.33. The smallest absolute Gasteiger partial charge is 0.0897 e. The Balaban J connectivity index is 2.23. The number of hydrogen-bond acceptors (Lipinski definition) is 3. The maximum atomic E-state index is 6.37. The van der Waals surface area contributed by atoms with Crippen LogP contribution in [0.3, 0.4) is 0 Å². The number of likely N-dealkylation sites (N-methyl/N-ethyl adjacent to an activating group) is 1. The third kappa shape index (κ3) is 3.66. The summed E-state index contributed by atoms with van der Waals surface area (Å²) in [5.74, 6) is 0. The molecule has 2 rings (SSSR count). The van der Waals surface area contributed by atoms with Crippen LogP contribution in [0.15, 0.2) is 18.2 Å². The molecule has 1 saturated heterocycles. The summed E-state index contributed by atoms with van der Waals surface area (Å²) in [6.07, 6.45) is 1.18. The first-order valence-electron chi connectivity index (χ1n) is 7.11. The van der Waals surface area contributed by atoms with E-state index in [0.29, 0.717) is 10.0 Å². The van der Waals surface area contributed by atoms with Gasteiger partial charge in [-0.2, -0.15) is 0 Å². The highest BCUT2D eigenvalue weighted by Crippen LogP contribution is 2.37. The Morgan fingerprint density at radius 1 is 1.35 bits per heavy atom. The molecular formula is C15H22Cl2N2O. The van der Waals surface area contributed by atoms with Gasteiger partial charge < -0.3 is 10.1 Å². The van der Waals surface area contributed by atoms with E-state index in [1.807, 2.05) is 18.2 Å². The number of halogens is 2. The fourth-order valence-corrected chi connectivity index (χ4v) is 3.27. The van der Waals surface area contributed by atoms with Gasteiger partial charge in [0.05, 0.1) is 18.8 Å². The van der Waals surface area contributed by atoms with Crippen LogP contribution in [0.1, 0.15) is 24.9 Å². The molecule has 20 heavy (non-hydrogen) atoms. The predicted molar refractivity (Wildman–Crippen MR) is 84.7 cm³/mol. The number of hydrogen-bond donors (Lipinski definition) is 1. The summed E-state index contributed by atoms with van der Waals surface area (Å²) < 4.78 is 5.95. The molecule has 0 aromatic heterocycles. The van der Waals surface area contributed by atoms with E-state index in [-0.39, 0.29) is 12.1 Å². The average Bonchev–Trinajstić information content (AvgIpc) is 2.41. The number of benzene rings is 1. The van der Waals surface area contributed by atoms with Gasteiger partial charge in [-0.15, -0.1) is 0 Å². The van der Waals surface area contributed by atoms with Gasteiger partial charge in [0.2, 0.25) is 0 Å². The van der Waals surface area contributed by atoms with Gasteiger partial charge in [0, 0.05) is 28.7 Å². The second-order valence-electron chi connectivity index (χ2n) is 5.17. The van der Waals surface area contributed by atoms with Crippen LogP contribution in [0.25, 0.3) is 0 Å². The van der Waals surface area contributed by atoms with Crippen molar-refractivity contribution in [1.82, 2.24) is 10.2 Å². The average molecular weight is 317 g/mol. The monoisotopic (exact) mass is 316 g/mol. The molecule has 3 nitrogen and oxygen atoms in total. The van der Waals surface area contributed by atoms with E-state index in [2.05, 4.69) is 24.2 Å². The van der Waals surface area contributed by atoms with Gasteiger partial charge in [0.1, 0.15) is 0 Å². The molecular weight excluding hydrogens is 295 g/mol. The molecule has 1 aromatic rings. The van der Waals surface area contributed by atoms with E-state index >= 15 is 0 Å². The van der Waals surface area contributed by atoms with Crippen LogP contribution in [0.4, 0.5) is 0 Å². The largest absolute Gasteiger partial charge is 0.374 e. The highest BCUT2D eigenvalue weighted by molar-refractivity contribution is 6.36. The van der Waals surface area contributed by atoms with Crippen LogP contribution >= 0.6 is 23.2 Å². The minimum atomic E-state index is 0.0673. The molecule has 5 heteroatoms. The Hall–Kier alpha value is -0.320. The fourth-order valence-electron chi connectivity index (χ4n) is 2.65. The highest BCUT2D eigenvalue weighted by atomic mass is 35.5. The molecule has 1 aliphatic heterocycles. The van der Waals surface area contributed by atoms with Crippen LogP contribution in [-0.4, -0.2) is 44.3 Å². The summed E-state index contributed by atoms with van der Waals surface area (Å²) in [5, 5.41) is 4.84. The van der Waals surface area contributed by atoms with E-state index in [1.165, 1.54) is 0 Å². The maximum Gasteiger partial charge on any atom is 0.0897 e. The second-order valence-corrected chi connectivity index (χ2v) is 5.99. The lowest BCUT2D eigenvalue weighted by Gasteiger charge is -2.40. The predicted octanol–water partition coefficient (Wildman–Crippen LogP) is 3.36. The van der Waals surface area contributed by atoms with Crippen molar-refractivity contribution in [2.24, 2.45) is 0 Å². The summed E-state index contributed by atoms with van der Waals surface area (Å²) >= 11 is 12.7. The molecule has 0 aliphatic carbocycles. The summed E-state index contributed by atoms with van der Waals surface area (Å²) in [6, 6.07) is 5.75. The zero-order valence-electron chi connectivity index (χ0n) is 12.0. The van der Waals surface area contributed by atoms with Crippen molar-refractivity contribution < 1.29 is 4.74 Å². The molecule has 1 heterocycles. The zero-order chi connectivity index (χ0) is 14.5. The van der Waals surface area contributed by atoms with E-state index in [1.54, 1.807) is 0 Å². The lowest BCUT2D eigenvalue weighted by Crippen LogP contribution is -2.47. The Kier molecular flexibility index (Phi) is 6.12. The highest BCUT2D eigenvalue weighted by Gasteiger charge is 2.33. The lowest BCUT2D eigenvalue weighted by molar-refractivity contribution is -0.0612. The first-order chi connectivity index (χ1) is 9.65. The molecule has 0 amide bonds. The van der Waals surface area contributed by atoms with Gasteiger partial charge in [0.25, 0.3) is 0 Å². The Morgan fingerprint density at radius 2 is 2.05 bits per heavy atom. The second kappa shape index (κ2) is 7.62. The molecule has 0 spiro atoms. The number of ether oxygens (including phenoxy) is 1. The number of nitrogens with one attached hydrogen (secondary N) is 1. The Bertz CT molecular complexity index is 422. The molecule has 0 bridgehead atoms. The summed E-state index contributed by atoms with van der Waals surface area (Å²) in [4.78, 5) is 2.27. The van der Waals surface area contributed by atoms with Crippen molar-refractivity contribution in [3.8, 4) is 0 Å². The summed E-state index contributed by atoms with van der Waals surface area (Å²) in [5.41, 5.74) is 0.973.